The first-order valence-corrected chi connectivity index (χ1v) is 6.91. The summed E-state index contributed by atoms with van der Waals surface area (Å²) in [4.78, 5) is 15.3. The molecule has 17 heavy (non-hydrogen) atoms. The van der Waals surface area contributed by atoms with E-state index in [1.165, 1.54) is 10.6 Å². The maximum atomic E-state index is 11.9. The van der Waals surface area contributed by atoms with Crippen molar-refractivity contribution < 1.29 is 4.79 Å². The van der Waals surface area contributed by atoms with Gasteiger partial charge in [0.05, 0.1) is 10.7 Å². The molecule has 2 nitrogen and oxygen atoms in total. The molecule has 88 valence electrons. The number of benzene rings is 1. The molecule has 1 aromatic rings. The number of carbonyl (C=O) groups excluding carboxylic acids is 1. The third-order valence-electron chi connectivity index (χ3n) is 3.20. The molecule has 0 radical (unpaired) electrons. The van der Waals surface area contributed by atoms with Gasteiger partial charge in [-0.25, -0.2) is 0 Å². The maximum absolute atomic E-state index is 11.9. The first kappa shape index (κ1) is 10.9. The van der Waals surface area contributed by atoms with E-state index in [2.05, 4.69) is 24.0 Å². The minimum absolute atomic E-state index is 0.304. The number of hydrogen-bond donors (Lipinski definition) is 0. The lowest BCUT2D eigenvalue weighted by molar-refractivity contribution is -0.115. The summed E-state index contributed by atoms with van der Waals surface area (Å²) >= 11 is 1.71. The Hall–Kier alpha value is -1.22. The molecule has 1 fully saturated rings. The molecule has 1 aliphatic heterocycles. The van der Waals surface area contributed by atoms with Crippen LogP contribution in [0.3, 0.4) is 0 Å². The molecule has 1 aromatic carbocycles. The molecule has 0 unspecified atom stereocenters. The molecular weight excluding hydrogens is 230 g/mol. The van der Waals surface area contributed by atoms with E-state index >= 15 is 0 Å². The lowest BCUT2D eigenvalue weighted by atomic mass is 10.2. The molecule has 1 heterocycles. The van der Waals surface area contributed by atoms with Crippen LogP contribution in [0.15, 0.2) is 40.3 Å². The molecule has 0 aromatic heterocycles. The maximum Gasteiger partial charge on any atom is 0.161 e. The van der Waals surface area contributed by atoms with Gasteiger partial charge in [-0.2, -0.15) is 0 Å². The molecular formula is C14H15NOS. The monoisotopic (exact) mass is 245 g/mol. The molecule has 0 N–H and O–H groups in total. The molecule has 3 heteroatoms. The zero-order valence-corrected chi connectivity index (χ0v) is 10.7. The van der Waals surface area contributed by atoms with Gasteiger partial charge in [-0.15, -0.1) is 0 Å². The summed E-state index contributed by atoms with van der Waals surface area (Å²) in [5, 5.41) is 1.09. The molecule has 0 saturated heterocycles. The van der Waals surface area contributed by atoms with Crippen LogP contribution in [0.25, 0.3) is 0 Å². The fourth-order valence-electron chi connectivity index (χ4n) is 2.09. The van der Waals surface area contributed by atoms with Crippen LogP contribution in [0.1, 0.15) is 19.8 Å². The molecule has 2 aliphatic rings. The average molecular weight is 245 g/mol. The zero-order valence-electron chi connectivity index (χ0n) is 9.85. The van der Waals surface area contributed by atoms with Crippen LogP contribution in [-0.2, 0) is 4.79 Å². The van der Waals surface area contributed by atoms with E-state index in [0.717, 1.165) is 24.4 Å². The van der Waals surface area contributed by atoms with Gasteiger partial charge in [-0.05, 0) is 31.9 Å². The summed E-state index contributed by atoms with van der Waals surface area (Å²) in [6.45, 7) is 3.03. The van der Waals surface area contributed by atoms with Crippen molar-refractivity contribution >= 4 is 23.2 Å². The van der Waals surface area contributed by atoms with Crippen molar-refractivity contribution in [3.8, 4) is 0 Å². The van der Waals surface area contributed by atoms with Crippen molar-refractivity contribution in [1.82, 2.24) is 0 Å². The lowest BCUT2D eigenvalue weighted by Crippen LogP contribution is -2.17. The minimum Gasteiger partial charge on any atom is -0.335 e. The van der Waals surface area contributed by atoms with E-state index in [0.29, 0.717) is 11.7 Å². The van der Waals surface area contributed by atoms with E-state index in [-0.39, 0.29) is 0 Å². The van der Waals surface area contributed by atoms with E-state index in [4.69, 9.17) is 0 Å². The van der Waals surface area contributed by atoms with Crippen LogP contribution < -0.4 is 4.90 Å². The van der Waals surface area contributed by atoms with Crippen LogP contribution in [0.2, 0.25) is 0 Å². The van der Waals surface area contributed by atoms with Crippen LogP contribution in [0, 0.1) is 5.92 Å². The van der Waals surface area contributed by atoms with Gasteiger partial charge < -0.3 is 4.90 Å². The fraction of sp³-hybridized carbons (Fsp3) is 0.357. The number of anilines is 1. The highest BCUT2D eigenvalue weighted by Gasteiger charge is 2.30. The topological polar surface area (TPSA) is 20.3 Å². The Bertz CT molecular complexity index is 491. The lowest BCUT2D eigenvalue weighted by Gasteiger charge is -2.17. The van der Waals surface area contributed by atoms with E-state index in [9.17, 15) is 4.79 Å². The summed E-state index contributed by atoms with van der Waals surface area (Å²) in [6, 6.07) is 8.33. The van der Waals surface area contributed by atoms with Crippen molar-refractivity contribution in [3.05, 3.63) is 35.4 Å². The number of nitrogens with zero attached hydrogens (tertiary/aromatic N) is 1. The summed E-state index contributed by atoms with van der Waals surface area (Å²) in [6.07, 6.45) is 3.99. The number of ketones is 1. The van der Waals surface area contributed by atoms with Gasteiger partial charge in [-0.1, -0.05) is 23.9 Å². The normalized spacial score (nSPS) is 20.8. The first-order chi connectivity index (χ1) is 8.29. The Labute approximate surface area is 106 Å². The van der Waals surface area contributed by atoms with Crippen molar-refractivity contribution in [2.24, 2.45) is 5.92 Å². The summed E-state index contributed by atoms with van der Waals surface area (Å²) < 4.78 is 0. The number of fused-ring (bicyclic) bond motifs is 1. The van der Waals surface area contributed by atoms with Crippen molar-refractivity contribution in [3.63, 3.8) is 0 Å². The van der Waals surface area contributed by atoms with E-state index < -0.39 is 0 Å². The highest BCUT2D eigenvalue weighted by atomic mass is 32.2. The largest absolute Gasteiger partial charge is 0.335 e. The molecule has 0 bridgehead atoms. The quantitative estimate of drug-likeness (QED) is 0.761. The molecule has 0 amide bonds. The van der Waals surface area contributed by atoms with Gasteiger partial charge >= 0.3 is 0 Å². The smallest absolute Gasteiger partial charge is 0.161 e. The number of rotatable bonds is 3. The van der Waals surface area contributed by atoms with Gasteiger partial charge in [0, 0.05) is 23.4 Å². The Morgan fingerprint density at radius 2 is 2.24 bits per heavy atom. The highest BCUT2D eigenvalue weighted by molar-refractivity contribution is 8.03. The predicted octanol–water partition coefficient (Wildman–Crippen LogP) is 3.44. The second-order valence-corrected chi connectivity index (χ2v) is 5.54. The summed E-state index contributed by atoms with van der Waals surface area (Å²) in [7, 11) is 0. The molecule has 0 spiro atoms. The van der Waals surface area contributed by atoms with Crippen molar-refractivity contribution in [2.75, 3.05) is 11.4 Å². The molecule has 1 saturated carbocycles. The third-order valence-corrected chi connectivity index (χ3v) is 4.31. The second kappa shape index (κ2) is 4.22. The Kier molecular flexibility index (Phi) is 2.71. The summed E-state index contributed by atoms with van der Waals surface area (Å²) in [5.41, 5.74) is 1.23. The van der Waals surface area contributed by atoms with E-state index in [1.807, 2.05) is 18.2 Å². The Morgan fingerprint density at radius 1 is 1.47 bits per heavy atom. The Morgan fingerprint density at radius 3 is 2.94 bits per heavy atom. The number of allylic oxidation sites excluding steroid dienone is 1. The second-order valence-electron chi connectivity index (χ2n) is 4.47. The first-order valence-electron chi connectivity index (χ1n) is 6.09. The molecule has 0 atom stereocenters. The molecule has 1 aliphatic carbocycles. The van der Waals surface area contributed by atoms with Crippen LogP contribution >= 0.6 is 11.8 Å². The van der Waals surface area contributed by atoms with E-state index in [1.54, 1.807) is 11.8 Å². The summed E-state index contributed by atoms with van der Waals surface area (Å²) in [5.74, 6) is 0.615. The highest BCUT2D eigenvalue weighted by Crippen LogP contribution is 2.46. The third kappa shape index (κ3) is 2.00. The average Bonchev–Trinajstić information content (AvgIpc) is 3.11. The van der Waals surface area contributed by atoms with Crippen LogP contribution in [0.4, 0.5) is 5.69 Å². The SMILES string of the molecule is CCN1C(=CC(=O)C2CC2)Sc2ccccc21. The number of carbonyl (C=O) groups is 1. The number of thioether (sulfide) groups is 1. The minimum atomic E-state index is 0.304. The van der Waals surface area contributed by atoms with Gasteiger partial charge in [0.25, 0.3) is 0 Å². The van der Waals surface area contributed by atoms with Crippen molar-refractivity contribution in [1.29, 1.82) is 0 Å². The standard InChI is InChI=1S/C14H15NOS/c1-2-15-11-5-3-4-6-13(11)17-14(15)9-12(16)10-7-8-10/h3-6,9-10H,2,7-8H2,1H3. The Balaban J connectivity index is 1.91. The fourth-order valence-corrected chi connectivity index (χ4v) is 3.26. The van der Waals surface area contributed by atoms with Gasteiger partial charge in [0.2, 0.25) is 0 Å². The van der Waals surface area contributed by atoms with Crippen LogP contribution in [0.5, 0.6) is 0 Å². The van der Waals surface area contributed by atoms with Crippen LogP contribution in [-0.4, -0.2) is 12.3 Å². The van der Waals surface area contributed by atoms with Gasteiger partial charge in [0.15, 0.2) is 5.78 Å². The predicted molar refractivity (Wildman–Crippen MR) is 71.1 cm³/mol. The number of hydrogen-bond acceptors (Lipinski definition) is 3. The zero-order chi connectivity index (χ0) is 11.8. The number of para-hydroxylation sites is 1. The van der Waals surface area contributed by atoms with Gasteiger partial charge in [-0.3, -0.25) is 4.79 Å². The van der Waals surface area contributed by atoms with Gasteiger partial charge in [0.1, 0.15) is 0 Å². The van der Waals surface area contributed by atoms with Crippen molar-refractivity contribution in [2.45, 2.75) is 24.7 Å². The molecule has 3 rings (SSSR count).